The van der Waals surface area contributed by atoms with E-state index in [0.717, 1.165) is 16.6 Å². The summed E-state index contributed by atoms with van der Waals surface area (Å²) < 4.78 is 2.35. The van der Waals surface area contributed by atoms with Gasteiger partial charge in [0.25, 0.3) is 0 Å². The van der Waals surface area contributed by atoms with E-state index in [1.165, 1.54) is 59.5 Å². The average molecular weight is 556 g/mol. The Labute approximate surface area is 184 Å². The van der Waals surface area contributed by atoms with Crippen molar-refractivity contribution in [1.29, 1.82) is 0 Å². The average Bonchev–Trinajstić information content (AvgIpc) is 3.14. The van der Waals surface area contributed by atoms with Gasteiger partial charge in [-0.2, -0.15) is 0 Å². The van der Waals surface area contributed by atoms with Crippen LogP contribution in [0.5, 0.6) is 0 Å². The molecule has 1 fully saturated rings. The number of para-hydroxylation sites is 2. The van der Waals surface area contributed by atoms with Crippen LogP contribution in [0.25, 0.3) is 38.4 Å². The first-order valence-electron chi connectivity index (χ1n) is 10.4. The fourth-order valence-electron chi connectivity index (χ4n) is 5.38. The first-order valence-corrected chi connectivity index (χ1v) is 10.4. The van der Waals surface area contributed by atoms with E-state index in [1.54, 1.807) is 0 Å². The van der Waals surface area contributed by atoms with E-state index in [0.29, 0.717) is 0 Å². The molecule has 0 saturated heterocycles. The third-order valence-corrected chi connectivity index (χ3v) is 6.80. The maximum atomic E-state index is 4.98. The summed E-state index contributed by atoms with van der Waals surface area (Å²) in [4.78, 5) is 4.98. The molecular formula is C26H23IrN2-. The normalized spacial score (nSPS) is 16.4. The van der Waals surface area contributed by atoms with E-state index >= 15 is 0 Å². The van der Waals surface area contributed by atoms with Crippen LogP contribution >= 0.6 is 0 Å². The number of hydrogen-bond acceptors (Lipinski definition) is 1. The molecular weight excluding hydrogens is 533 g/mol. The fraction of sp³-hybridized carbons (Fsp3) is 0.269. The van der Waals surface area contributed by atoms with Gasteiger partial charge in [0.2, 0.25) is 0 Å². The quantitative estimate of drug-likeness (QED) is 0.164. The number of fused-ring (bicyclic) bond motifs is 8. The smallest absolute Gasteiger partial charge is 0.0774 e. The molecule has 0 atom stereocenters. The molecule has 5 aromatic rings. The molecule has 1 aliphatic carbocycles. The first kappa shape index (κ1) is 18.8. The first-order chi connectivity index (χ1) is 13.8. The zero-order chi connectivity index (χ0) is 18.7. The third kappa shape index (κ3) is 2.68. The molecule has 0 N–H and O–H groups in total. The van der Waals surface area contributed by atoms with Gasteiger partial charge in [-0.15, -0.1) is 29.7 Å². The minimum Gasteiger partial charge on any atom is -0.333 e. The van der Waals surface area contributed by atoms with Gasteiger partial charge in [-0.25, -0.2) is 0 Å². The van der Waals surface area contributed by atoms with Crippen LogP contribution in [0.4, 0.5) is 0 Å². The molecule has 0 bridgehead atoms. The van der Waals surface area contributed by atoms with Crippen molar-refractivity contribution < 1.29 is 20.1 Å². The summed E-state index contributed by atoms with van der Waals surface area (Å²) in [6, 6.07) is 25.2. The molecule has 147 valence electrons. The predicted octanol–water partition coefficient (Wildman–Crippen LogP) is 6.81. The maximum absolute atomic E-state index is 4.98. The maximum Gasteiger partial charge on any atom is 0.0774 e. The molecule has 0 spiro atoms. The Bertz CT molecular complexity index is 1360. The van der Waals surface area contributed by atoms with Gasteiger partial charge in [-0.1, -0.05) is 55.8 Å². The molecule has 2 aromatic heterocycles. The van der Waals surface area contributed by atoms with Gasteiger partial charge in [0, 0.05) is 25.6 Å². The molecule has 1 saturated carbocycles. The second-order valence-electron chi connectivity index (χ2n) is 8.54. The standard InChI is InChI=1S/C26H23N2.Ir/c1-26(16-7-2-8-17-26)20-12-9-15-23-24(20)18-10-3-4-11-19(18)25-27-21-13-5-6-14-22(21)28(23)25;/h3-6,9-10,12-15H,2,7-8,16-17H2,1H3;/q-1;. The zero-order valence-electron chi connectivity index (χ0n) is 16.5. The van der Waals surface area contributed by atoms with Crippen LogP contribution in [-0.4, -0.2) is 9.38 Å². The Kier molecular flexibility index (Phi) is 4.49. The molecule has 3 aromatic carbocycles. The predicted molar refractivity (Wildman–Crippen MR) is 117 cm³/mol. The van der Waals surface area contributed by atoms with E-state index in [4.69, 9.17) is 4.98 Å². The van der Waals surface area contributed by atoms with Gasteiger partial charge in [0.1, 0.15) is 0 Å². The fourth-order valence-corrected chi connectivity index (χ4v) is 5.38. The minimum atomic E-state index is 0. The number of benzene rings is 3. The topological polar surface area (TPSA) is 17.3 Å². The van der Waals surface area contributed by atoms with Gasteiger partial charge in [0.05, 0.1) is 16.7 Å². The van der Waals surface area contributed by atoms with E-state index in [9.17, 15) is 0 Å². The second-order valence-corrected chi connectivity index (χ2v) is 8.54. The Morgan fingerprint density at radius 3 is 2.55 bits per heavy atom. The van der Waals surface area contributed by atoms with Crippen molar-refractivity contribution in [2.75, 3.05) is 0 Å². The van der Waals surface area contributed by atoms with E-state index < -0.39 is 0 Å². The number of rotatable bonds is 1. The van der Waals surface area contributed by atoms with Crippen molar-refractivity contribution >= 4 is 38.4 Å². The Balaban J connectivity index is 0.00000181. The third-order valence-electron chi connectivity index (χ3n) is 6.80. The molecule has 2 nitrogen and oxygen atoms in total. The van der Waals surface area contributed by atoms with Gasteiger partial charge in [-0.3, -0.25) is 4.98 Å². The summed E-state index contributed by atoms with van der Waals surface area (Å²) in [7, 11) is 0. The molecule has 0 amide bonds. The van der Waals surface area contributed by atoms with E-state index in [-0.39, 0.29) is 25.5 Å². The van der Waals surface area contributed by atoms with Gasteiger partial charge >= 0.3 is 0 Å². The van der Waals surface area contributed by atoms with Crippen LogP contribution in [0.1, 0.15) is 44.6 Å². The summed E-state index contributed by atoms with van der Waals surface area (Å²) in [5.41, 5.74) is 6.23. The van der Waals surface area contributed by atoms with Crippen LogP contribution in [0.3, 0.4) is 0 Å². The molecule has 6 rings (SSSR count). The zero-order valence-corrected chi connectivity index (χ0v) is 18.9. The number of pyridine rings is 1. The summed E-state index contributed by atoms with van der Waals surface area (Å²) in [5, 5.41) is 3.79. The number of nitrogens with zero attached hydrogens (tertiary/aromatic N) is 2. The van der Waals surface area contributed by atoms with Crippen molar-refractivity contribution in [2.24, 2.45) is 0 Å². The van der Waals surface area contributed by atoms with Crippen LogP contribution in [0.2, 0.25) is 0 Å². The minimum absolute atomic E-state index is 0. The summed E-state index contributed by atoms with van der Waals surface area (Å²) in [5.74, 6) is 0. The van der Waals surface area contributed by atoms with Gasteiger partial charge in [0.15, 0.2) is 0 Å². The van der Waals surface area contributed by atoms with Crippen LogP contribution in [0.15, 0.2) is 60.7 Å². The number of imidazole rings is 1. The Morgan fingerprint density at radius 2 is 1.69 bits per heavy atom. The van der Waals surface area contributed by atoms with Crippen molar-refractivity contribution in [1.82, 2.24) is 9.38 Å². The molecule has 0 aliphatic heterocycles. The van der Waals surface area contributed by atoms with Crippen molar-refractivity contribution in [3.63, 3.8) is 0 Å². The number of aromatic nitrogens is 2. The summed E-state index contributed by atoms with van der Waals surface area (Å²) in [6.45, 7) is 2.47. The van der Waals surface area contributed by atoms with Crippen LogP contribution < -0.4 is 0 Å². The molecule has 1 aliphatic rings. The summed E-state index contributed by atoms with van der Waals surface area (Å²) >= 11 is 0. The monoisotopic (exact) mass is 556 g/mol. The van der Waals surface area contributed by atoms with E-state index in [2.05, 4.69) is 72.0 Å². The van der Waals surface area contributed by atoms with Gasteiger partial charge < -0.3 is 4.40 Å². The molecule has 3 heteroatoms. The summed E-state index contributed by atoms with van der Waals surface area (Å²) in [6.07, 6.45) is 6.56. The van der Waals surface area contributed by atoms with Crippen molar-refractivity contribution in [3.8, 4) is 0 Å². The number of hydrogen-bond donors (Lipinski definition) is 0. The largest absolute Gasteiger partial charge is 0.333 e. The van der Waals surface area contributed by atoms with Crippen LogP contribution in [0, 0.1) is 6.07 Å². The molecule has 2 heterocycles. The Hall–Kier alpha value is -2.22. The molecule has 1 radical (unpaired) electrons. The van der Waals surface area contributed by atoms with Crippen molar-refractivity contribution in [3.05, 3.63) is 72.3 Å². The SMILES string of the molecule is CC1(c2cccc3c2c2ccc[c-]c2c2nc4ccccc4n32)CCCCC1.[Ir]. The van der Waals surface area contributed by atoms with Crippen molar-refractivity contribution in [2.45, 2.75) is 44.4 Å². The molecule has 0 unspecified atom stereocenters. The van der Waals surface area contributed by atoms with E-state index in [1.807, 2.05) is 6.07 Å². The van der Waals surface area contributed by atoms with Gasteiger partial charge in [-0.05, 0) is 47.4 Å². The second kappa shape index (κ2) is 6.93. The van der Waals surface area contributed by atoms with Crippen LogP contribution in [-0.2, 0) is 25.5 Å². The Morgan fingerprint density at radius 1 is 0.897 bits per heavy atom. The molecule has 29 heavy (non-hydrogen) atoms.